The fourth-order valence-corrected chi connectivity index (χ4v) is 2.55. The highest BCUT2D eigenvalue weighted by Crippen LogP contribution is 2.12. The van der Waals surface area contributed by atoms with Crippen LogP contribution < -0.4 is 5.32 Å². The van der Waals surface area contributed by atoms with Gasteiger partial charge in [-0.15, -0.1) is 0 Å². The summed E-state index contributed by atoms with van der Waals surface area (Å²) in [6.45, 7) is 5.10. The first-order chi connectivity index (χ1) is 12.5. The van der Waals surface area contributed by atoms with E-state index in [4.69, 9.17) is 5.11 Å². The molecule has 0 aromatic carbocycles. The Morgan fingerprint density at radius 3 is 2.73 bits per heavy atom. The van der Waals surface area contributed by atoms with Gasteiger partial charge >= 0.3 is 5.97 Å². The Kier molecular flexibility index (Phi) is 4.83. The molecular formula is C16H19N7O3. The van der Waals surface area contributed by atoms with Gasteiger partial charge in [-0.2, -0.15) is 15.3 Å². The molecule has 3 aromatic rings. The van der Waals surface area contributed by atoms with Crippen LogP contribution in [0.2, 0.25) is 0 Å². The van der Waals surface area contributed by atoms with Crippen LogP contribution in [-0.2, 0) is 24.4 Å². The highest BCUT2D eigenvalue weighted by Gasteiger charge is 2.13. The molecule has 2 N–H and O–H groups in total. The SMILES string of the molecule is CCn1ncc(Cn2cc(NC(=O)c3ccn(CC(=O)O)n3)cn2)c1C. The van der Waals surface area contributed by atoms with Crippen molar-refractivity contribution in [3.05, 3.63) is 47.8 Å². The molecule has 0 aliphatic carbocycles. The zero-order valence-electron chi connectivity index (χ0n) is 14.5. The molecule has 0 unspecified atom stereocenters. The van der Waals surface area contributed by atoms with Crippen LogP contribution in [0.4, 0.5) is 5.69 Å². The largest absolute Gasteiger partial charge is 0.480 e. The number of nitrogens with zero attached hydrogens (tertiary/aromatic N) is 6. The number of rotatable bonds is 7. The Balaban J connectivity index is 1.64. The number of anilines is 1. The van der Waals surface area contributed by atoms with E-state index in [1.807, 2.05) is 24.7 Å². The predicted octanol–water partition coefficient (Wildman–Crippen LogP) is 0.990. The first-order valence-electron chi connectivity index (χ1n) is 8.06. The quantitative estimate of drug-likeness (QED) is 0.651. The van der Waals surface area contributed by atoms with Crippen molar-refractivity contribution in [1.29, 1.82) is 0 Å². The maximum absolute atomic E-state index is 12.2. The van der Waals surface area contributed by atoms with Crippen molar-refractivity contribution in [2.75, 3.05) is 5.32 Å². The Morgan fingerprint density at radius 1 is 1.23 bits per heavy atom. The van der Waals surface area contributed by atoms with Crippen LogP contribution in [0.25, 0.3) is 0 Å². The van der Waals surface area contributed by atoms with E-state index >= 15 is 0 Å². The number of aryl methyl sites for hydroxylation is 1. The molecule has 26 heavy (non-hydrogen) atoms. The number of amides is 1. The number of carboxylic acid groups (broad SMARTS) is 1. The van der Waals surface area contributed by atoms with Crippen LogP contribution in [-0.4, -0.2) is 46.3 Å². The fourth-order valence-electron chi connectivity index (χ4n) is 2.55. The summed E-state index contributed by atoms with van der Waals surface area (Å²) in [6, 6.07) is 1.46. The van der Waals surface area contributed by atoms with Crippen molar-refractivity contribution < 1.29 is 14.7 Å². The van der Waals surface area contributed by atoms with E-state index in [-0.39, 0.29) is 12.2 Å². The third-order valence-corrected chi connectivity index (χ3v) is 3.90. The normalized spacial score (nSPS) is 10.8. The third kappa shape index (κ3) is 3.79. The van der Waals surface area contributed by atoms with Crippen LogP contribution in [0.3, 0.4) is 0 Å². The standard InChI is InChI=1S/C16H19N7O3/c1-3-23-11(2)12(6-18-23)8-22-9-13(7-17-22)19-16(26)14-4-5-21(20-14)10-15(24)25/h4-7,9H,3,8,10H2,1-2H3,(H,19,26)(H,24,25). The summed E-state index contributed by atoms with van der Waals surface area (Å²) in [4.78, 5) is 22.9. The summed E-state index contributed by atoms with van der Waals surface area (Å²) in [5.74, 6) is -1.45. The fraction of sp³-hybridized carbons (Fsp3) is 0.312. The summed E-state index contributed by atoms with van der Waals surface area (Å²) in [7, 11) is 0. The van der Waals surface area contributed by atoms with E-state index in [0.717, 1.165) is 17.8 Å². The van der Waals surface area contributed by atoms with Crippen molar-refractivity contribution in [2.45, 2.75) is 33.5 Å². The molecule has 0 aliphatic heterocycles. The number of carboxylic acids is 1. The maximum Gasteiger partial charge on any atom is 0.325 e. The predicted molar refractivity (Wildman–Crippen MR) is 91.8 cm³/mol. The molecule has 0 saturated carbocycles. The molecule has 3 rings (SSSR count). The number of aliphatic carboxylic acids is 1. The second kappa shape index (κ2) is 7.21. The Morgan fingerprint density at radius 2 is 2.04 bits per heavy atom. The van der Waals surface area contributed by atoms with Gasteiger partial charge in [0.15, 0.2) is 5.69 Å². The topological polar surface area (TPSA) is 120 Å². The minimum absolute atomic E-state index is 0.138. The Labute approximate surface area is 149 Å². The van der Waals surface area contributed by atoms with E-state index in [1.54, 1.807) is 17.1 Å². The molecule has 0 radical (unpaired) electrons. The lowest BCUT2D eigenvalue weighted by atomic mass is 10.2. The molecule has 0 aliphatic rings. The van der Waals surface area contributed by atoms with Crippen LogP contribution in [0, 0.1) is 6.92 Å². The first-order valence-corrected chi connectivity index (χ1v) is 8.06. The van der Waals surface area contributed by atoms with E-state index in [0.29, 0.717) is 12.2 Å². The van der Waals surface area contributed by atoms with Gasteiger partial charge in [0.25, 0.3) is 5.91 Å². The van der Waals surface area contributed by atoms with Crippen LogP contribution in [0.15, 0.2) is 30.9 Å². The van der Waals surface area contributed by atoms with Gasteiger partial charge in [-0.05, 0) is 19.9 Å². The molecule has 0 fully saturated rings. The first kappa shape index (κ1) is 17.4. The molecule has 3 heterocycles. The summed E-state index contributed by atoms with van der Waals surface area (Å²) < 4.78 is 4.81. The molecule has 0 saturated heterocycles. The monoisotopic (exact) mass is 357 g/mol. The molecule has 3 aromatic heterocycles. The van der Waals surface area contributed by atoms with Gasteiger partial charge in [0, 0.05) is 30.2 Å². The van der Waals surface area contributed by atoms with E-state index < -0.39 is 11.9 Å². The van der Waals surface area contributed by atoms with Crippen molar-refractivity contribution >= 4 is 17.6 Å². The van der Waals surface area contributed by atoms with E-state index in [1.165, 1.54) is 16.9 Å². The number of carbonyl (C=O) groups excluding carboxylic acids is 1. The average Bonchev–Trinajstić information content (AvgIpc) is 3.30. The number of hydrogen-bond acceptors (Lipinski definition) is 5. The summed E-state index contributed by atoms with van der Waals surface area (Å²) in [5, 5.41) is 23.9. The molecule has 0 atom stereocenters. The Hall–Kier alpha value is -3.43. The van der Waals surface area contributed by atoms with Gasteiger partial charge in [-0.3, -0.25) is 23.6 Å². The summed E-state index contributed by atoms with van der Waals surface area (Å²) in [5.41, 5.74) is 2.81. The lowest BCUT2D eigenvalue weighted by Crippen LogP contribution is -2.14. The molecule has 1 amide bonds. The molecule has 0 bridgehead atoms. The number of carbonyl (C=O) groups is 2. The summed E-state index contributed by atoms with van der Waals surface area (Å²) in [6.07, 6.45) is 6.52. The summed E-state index contributed by atoms with van der Waals surface area (Å²) >= 11 is 0. The van der Waals surface area contributed by atoms with Gasteiger partial charge in [0.05, 0.1) is 24.6 Å². The van der Waals surface area contributed by atoms with Gasteiger partial charge in [-0.1, -0.05) is 0 Å². The van der Waals surface area contributed by atoms with Gasteiger partial charge in [0.1, 0.15) is 6.54 Å². The van der Waals surface area contributed by atoms with Gasteiger partial charge in [-0.25, -0.2) is 0 Å². The zero-order chi connectivity index (χ0) is 18.7. The maximum atomic E-state index is 12.2. The van der Waals surface area contributed by atoms with Gasteiger partial charge < -0.3 is 10.4 Å². The molecule has 136 valence electrons. The van der Waals surface area contributed by atoms with Crippen LogP contribution in [0.1, 0.15) is 28.7 Å². The highest BCUT2D eigenvalue weighted by atomic mass is 16.4. The van der Waals surface area contributed by atoms with Gasteiger partial charge in [0.2, 0.25) is 0 Å². The number of hydrogen-bond donors (Lipinski definition) is 2. The second-order valence-corrected chi connectivity index (χ2v) is 5.74. The van der Waals surface area contributed by atoms with Crippen molar-refractivity contribution in [3.63, 3.8) is 0 Å². The zero-order valence-corrected chi connectivity index (χ0v) is 14.5. The molecular weight excluding hydrogens is 338 g/mol. The van der Waals surface area contributed by atoms with Crippen molar-refractivity contribution in [3.8, 4) is 0 Å². The van der Waals surface area contributed by atoms with E-state index in [2.05, 4.69) is 20.6 Å². The smallest absolute Gasteiger partial charge is 0.325 e. The highest BCUT2D eigenvalue weighted by molar-refractivity contribution is 6.02. The lowest BCUT2D eigenvalue weighted by Gasteiger charge is -2.03. The minimum Gasteiger partial charge on any atom is -0.480 e. The second-order valence-electron chi connectivity index (χ2n) is 5.74. The Bertz CT molecular complexity index is 937. The van der Waals surface area contributed by atoms with Crippen LogP contribution in [0.5, 0.6) is 0 Å². The van der Waals surface area contributed by atoms with Crippen LogP contribution >= 0.6 is 0 Å². The van der Waals surface area contributed by atoms with Crippen molar-refractivity contribution in [2.24, 2.45) is 0 Å². The third-order valence-electron chi connectivity index (χ3n) is 3.90. The average molecular weight is 357 g/mol. The molecule has 10 nitrogen and oxygen atoms in total. The lowest BCUT2D eigenvalue weighted by molar-refractivity contribution is -0.137. The molecule has 0 spiro atoms. The number of aromatic nitrogens is 6. The molecule has 10 heteroatoms. The van der Waals surface area contributed by atoms with E-state index in [9.17, 15) is 9.59 Å². The number of nitrogens with one attached hydrogen (secondary N) is 1. The van der Waals surface area contributed by atoms with Crippen molar-refractivity contribution in [1.82, 2.24) is 29.3 Å². The minimum atomic E-state index is -1.02.